The standard InChI is InChI=1S/C70H72BN3/c1-65(2,3)47-31-35-52(36-32-47)73-59-42-50(67(7,8)9)40-56-63(59)71-62-55(70(56,12)48-25-17-14-18-26-48)39-49(66(4,5)6)41-58(62)72(51-33-29-46(30-34-51)45-23-15-13-16-24-45)60-43-53(44-61(73)64(60)71)74-57-28-20-19-27-54(57)68(10)37-21-22-38-69(68,74)11/h13-20,23-36,39-44H,21-22,37-38H2,1-12H3. The van der Waals surface area contributed by atoms with Gasteiger partial charge >= 0.3 is 0 Å². The fraction of sp³-hybridized carbons (Fsp3) is 0.314. The average Bonchev–Trinajstić information content (AvgIpc) is 3.78. The molecule has 0 bridgehead atoms. The van der Waals surface area contributed by atoms with Crippen molar-refractivity contribution < 1.29 is 0 Å². The highest BCUT2D eigenvalue weighted by molar-refractivity contribution is 7.01. The van der Waals surface area contributed by atoms with Crippen LogP contribution in [0.5, 0.6) is 0 Å². The lowest BCUT2D eigenvalue weighted by atomic mass is 9.28. The zero-order valence-electron chi connectivity index (χ0n) is 45.9. The molecule has 8 aromatic rings. The molecular formula is C70H72BN3. The molecule has 1 fully saturated rings. The third-order valence-electron chi connectivity index (χ3n) is 18.9. The maximum absolute atomic E-state index is 2.81. The van der Waals surface area contributed by atoms with Crippen molar-refractivity contribution in [2.75, 3.05) is 14.7 Å². The van der Waals surface area contributed by atoms with Crippen LogP contribution in [0.25, 0.3) is 11.1 Å². The van der Waals surface area contributed by atoms with Gasteiger partial charge in [0.25, 0.3) is 6.71 Å². The van der Waals surface area contributed by atoms with Gasteiger partial charge in [0.05, 0.1) is 5.54 Å². The van der Waals surface area contributed by atoms with E-state index in [9.17, 15) is 0 Å². The van der Waals surface area contributed by atoms with Gasteiger partial charge in [-0.15, -0.1) is 0 Å². The Bertz CT molecular complexity index is 3560. The van der Waals surface area contributed by atoms with Gasteiger partial charge in [-0.2, -0.15) is 0 Å². The Hall–Kier alpha value is -6.78. The second-order valence-corrected chi connectivity index (χ2v) is 26.3. The molecular weight excluding hydrogens is 894 g/mol. The van der Waals surface area contributed by atoms with Crippen LogP contribution in [0.1, 0.15) is 148 Å². The Morgan fingerprint density at radius 1 is 0.392 bits per heavy atom. The highest BCUT2D eigenvalue weighted by atomic mass is 15.3. The van der Waals surface area contributed by atoms with Gasteiger partial charge in [0.2, 0.25) is 0 Å². The van der Waals surface area contributed by atoms with Crippen molar-refractivity contribution in [3.8, 4) is 11.1 Å². The molecule has 0 radical (unpaired) electrons. The van der Waals surface area contributed by atoms with E-state index in [4.69, 9.17) is 0 Å². The van der Waals surface area contributed by atoms with Crippen molar-refractivity contribution in [1.82, 2.24) is 0 Å². The van der Waals surface area contributed by atoms with Crippen molar-refractivity contribution in [3.63, 3.8) is 0 Å². The molecule has 0 aromatic heterocycles. The van der Waals surface area contributed by atoms with Crippen molar-refractivity contribution in [2.45, 2.75) is 141 Å². The minimum absolute atomic E-state index is 0.00188. The van der Waals surface area contributed by atoms with Crippen molar-refractivity contribution in [3.05, 3.63) is 209 Å². The topological polar surface area (TPSA) is 9.72 Å². The fourth-order valence-electron chi connectivity index (χ4n) is 14.5. The number of rotatable bonds is 5. The van der Waals surface area contributed by atoms with Gasteiger partial charge in [-0.25, -0.2) is 0 Å². The smallest absolute Gasteiger partial charge is 0.252 e. The quantitative estimate of drug-likeness (QED) is 0.159. The normalized spacial score (nSPS) is 21.4. The van der Waals surface area contributed by atoms with E-state index in [1.54, 1.807) is 0 Å². The molecule has 0 N–H and O–H groups in total. The Labute approximate surface area is 442 Å². The minimum Gasteiger partial charge on any atom is -0.334 e. The molecule has 74 heavy (non-hydrogen) atoms. The molecule has 13 rings (SSSR count). The molecule has 370 valence electrons. The first-order valence-corrected chi connectivity index (χ1v) is 27.6. The van der Waals surface area contributed by atoms with Crippen LogP contribution in [0, 0.1) is 0 Å². The lowest BCUT2D eigenvalue weighted by Crippen LogP contribution is -2.68. The maximum atomic E-state index is 2.81. The summed E-state index contributed by atoms with van der Waals surface area (Å²) in [5.41, 5.74) is 25.6. The van der Waals surface area contributed by atoms with Crippen LogP contribution in [0.3, 0.4) is 0 Å². The van der Waals surface area contributed by atoms with Crippen molar-refractivity contribution in [2.24, 2.45) is 0 Å². The summed E-state index contributed by atoms with van der Waals surface area (Å²) in [6.45, 7) is 29.1. The number of fused-ring (bicyclic) bond motifs is 3. The Balaban J connectivity index is 1.20. The van der Waals surface area contributed by atoms with Gasteiger partial charge in [0.1, 0.15) is 0 Å². The summed E-state index contributed by atoms with van der Waals surface area (Å²) in [6, 6.07) is 66.5. The predicted octanol–water partition coefficient (Wildman–Crippen LogP) is 16.7. The summed E-state index contributed by atoms with van der Waals surface area (Å²) >= 11 is 0. The third-order valence-corrected chi connectivity index (χ3v) is 18.9. The van der Waals surface area contributed by atoms with E-state index >= 15 is 0 Å². The highest BCUT2D eigenvalue weighted by Gasteiger charge is 2.59. The van der Waals surface area contributed by atoms with E-state index < -0.39 is 5.41 Å². The zero-order chi connectivity index (χ0) is 51.5. The molecule has 4 heterocycles. The molecule has 3 unspecified atom stereocenters. The monoisotopic (exact) mass is 966 g/mol. The number of para-hydroxylation sites is 1. The first-order valence-electron chi connectivity index (χ1n) is 27.6. The van der Waals surface area contributed by atoms with Gasteiger partial charge in [-0.1, -0.05) is 197 Å². The van der Waals surface area contributed by atoms with E-state index in [0.29, 0.717) is 0 Å². The van der Waals surface area contributed by atoms with Gasteiger partial charge < -0.3 is 14.7 Å². The summed E-state index contributed by atoms with van der Waals surface area (Å²) in [4.78, 5) is 8.20. The summed E-state index contributed by atoms with van der Waals surface area (Å²) < 4.78 is 0. The number of hydrogen-bond donors (Lipinski definition) is 0. The second kappa shape index (κ2) is 15.9. The van der Waals surface area contributed by atoms with Crippen LogP contribution in [0.4, 0.5) is 45.5 Å². The number of nitrogens with zero attached hydrogens (tertiary/aromatic N) is 3. The van der Waals surface area contributed by atoms with E-state index in [0.717, 1.165) is 6.42 Å². The third kappa shape index (κ3) is 6.58. The van der Waals surface area contributed by atoms with Crippen LogP contribution in [-0.2, 0) is 27.1 Å². The Kier molecular flexibility index (Phi) is 10.1. The molecule has 4 aliphatic heterocycles. The van der Waals surface area contributed by atoms with Gasteiger partial charge in [0, 0.05) is 56.3 Å². The molecule has 0 saturated heterocycles. The molecule has 0 amide bonds. The number of anilines is 8. The summed E-state index contributed by atoms with van der Waals surface area (Å²) in [5.74, 6) is 0. The van der Waals surface area contributed by atoms with E-state index in [2.05, 4.69) is 268 Å². The fourth-order valence-corrected chi connectivity index (χ4v) is 14.5. The SMILES string of the molecule is CC(C)(C)c1ccc(N2c3cc(N4c5ccccc5C5(C)CCCCC45C)cc4c3B3c5c(cc(C(C)(C)C)cc5C(C)(c5ccccc5)c5cc(C(C)(C)C)cc2c53)N4c2ccc(-c3ccccc3)cc2)cc1. The minimum atomic E-state index is -0.479. The average molecular weight is 966 g/mol. The number of hydrogen-bond acceptors (Lipinski definition) is 3. The van der Waals surface area contributed by atoms with Gasteiger partial charge in [-0.3, -0.25) is 0 Å². The molecule has 3 nitrogen and oxygen atoms in total. The first-order chi connectivity index (χ1) is 35.2. The second-order valence-electron chi connectivity index (χ2n) is 26.3. The zero-order valence-corrected chi connectivity index (χ0v) is 45.9. The van der Waals surface area contributed by atoms with Crippen LogP contribution < -0.4 is 31.1 Å². The molecule has 5 aliphatic rings. The van der Waals surface area contributed by atoms with Gasteiger partial charge in [-0.05, 0) is 164 Å². The Morgan fingerprint density at radius 2 is 0.851 bits per heavy atom. The van der Waals surface area contributed by atoms with Gasteiger partial charge in [0.15, 0.2) is 0 Å². The largest absolute Gasteiger partial charge is 0.334 e. The molecule has 8 aromatic carbocycles. The molecule has 3 atom stereocenters. The lowest BCUT2D eigenvalue weighted by Gasteiger charge is -2.53. The van der Waals surface area contributed by atoms with Crippen molar-refractivity contribution in [1.29, 1.82) is 0 Å². The molecule has 1 saturated carbocycles. The highest BCUT2D eigenvalue weighted by Crippen LogP contribution is 2.62. The molecule has 1 aliphatic carbocycles. The van der Waals surface area contributed by atoms with Crippen LogP contribution in [0.2, 0.25) is 0 Å². The molecule has 0 spiro atoms. The van der Waals surface area contributed by atoms with Crippen LogP contribution in [-0.4, -0.2) is 12.3 Å². The van der Waals surface area contributed by atoms with E-state index in [-0.39, 0.29) is 33.9 Å². The first kappa shape index (κ1) is 47.0. The summed E-state index contributed by atoms with van der Waals surface area (Å²) in [6.07, 6.45) is 4.79. The summed E-state index contributed by atoms with van der Waals surface area (Å²) in [7, 11) is 0. The van der Waals surface area contributed by atoms with Crippen LogP contribution in [0.15, 0.2) is 170 Å². The van der Waals surface area contributed by atoms with E-state index in [1.807, 2.05) is 0 Å². The predicted molar refractivity (Wildman–Crippen MR) is 317 cm³/mol. The summed E-state index contributed by atoms with van der Waals surface area (Å²) in [5, 5.41) is 0. The number of benzene rings is 8. The van der Waals surface area contributed by atoms with E-state index in [1.165, 1.54) is 131 Å². The molecule has 4 heteroatoms. The van der Waals surface area contributed by atoms with Crippen LogP contribution >= 0.6 is 0 Å². The lowest BCUT2D eigenvalue weighted by molar-refractivity contribution is 0.195. The maximum Gasteiger partial charge on any atom is 0.252 e. The Morgan fingerprint density at radius 3 is 1.39 bits per heavy atom. The van der Waals surface area contributed by atoms with Crippen molar-refractivity contribution >= 4 is 68.6 Å².